The van der Waals surface area contributed by atoms with Gasteiger partial charge in [0.15, 0.2) is 5.17 Å². The van der Waals surface area contributed by atoms with Gasteiger partial charge in [0, 0.05) is 10.4 Å². The van der Waals surface area contributed by atoms with Gasteiger partial charge in [0.05, 0.1) is 24.4 Å². The summed E-state index contributed by atoms with van der Waals surface area (Å²) in [6, 6.07) is 7.79. The molecule has 0 saturated heterocycles. The van der Waals surface area contributed by atoms with Crippen molar-refractivity contribution in [1.29, 1.82) is 0 Å². The lowest BCUT2D eigenvalue weighted by atomic mass is 10.1. The lowest BCUT2D eigenvalue weighted by Gasteiger charge is -2.27. The van der Waals surface area contributed by atoms with Crippen molar-refractivity contribution in [3.8, 4) is 0 Å². The topological polar surface area (TPSA) is 35.8 Å². The first-order valence-electron chi connectivity index (χ1n) is 5.81. The summed E-state index contributed by atoms with van der Waals surface area (Å²) >= 11 is 7.52. The van der Waals surface area contributed by atoms with Gasteiger partial charge in [0.25, 0.3) is 0 Å². The molecular weight excluding hydrogens is 268 g/mol. The first kappa shape index (κ1) is 12.1. The molecule has 1 N–H and O–H groups in total. The smallest absolute Gasteiger partial charge is 0.168 e. The zero-order valence-corrected chi connectivity index (χ0v) is 11.4. The van der Waals surface area contributed by atoms with Gasteiger partial charge in [-0.3, -0.25) is 4.99 Å². The molecule has 1 unspecified atom stereocenters. The molecule has 0 aromatic heterocycles. The monoisotopic (exact) mass is 280 g/mol. The second-order valence-corrected chi connectivity index (χ2v) is 5.70. The second-order valence-electron chi connectivity index (χ2n) is 4.43. The lowest BCUT2D eigenvalue weighted by Crippen LogP contribution is -2.39. The van der Waals surface area contributed by atoms with Crippen molar-refractivity contribution in [2.45, 2.75) is 19.1 Å². The van der Waals surface area contributed by atoms with Crippen LogP contribution in [0, 0.1) is 0 Å². The summed E-state index contributed by atoms with van der Waals surface area (Å²) in [4.78, 5) is 6.58. The molecule has 0 aliphatic carbocycles. The highest BCUT2D eigenvalue weighted by molar-refractivity contribution is 8.16. The molecule has 3 nitrogen and oxygen atoms in total. The number of halogens is 1. The van der Waals surface area contributed by atoms with Gasteiger partial charge in [-0.1, -0.05) is 35.5 Å². The third-order valence-electron chi connectivity index (χ3n) is 3.18. The van der Waals surface area contributed by atoms with Crippen LogP contribution in [0.5, 0.6) is 0 Å². The minimum atomic E-state index is -0.402. The van der Waals surface area contributed by atoms with E-state index >= 15 is 0 Å². The van der Waals surface area contributed by atoms with Gasteiger partial charge in [-0.15, -0.1) is 0 Å². The summed E-state index contributed by atoms with van der Waals surface area (Å²) in [7, 11) is 0. The number of thioether (sulfide) groups is 1. The molecule has 0 spiro atoms. The van der Waals surface area contributed by atoms with E-state index in [0.717, 1.165) is 21.5 Å². The first-order chi connectivity index (χ1) is 8.66. The molecule has 0 fully saturated rings. The predicted molar refractivity (Wildman–Crippen MR) is 76.6 cm³/mol. The molecule has 0 saturated carbocycles. The molecule has 18 heavy (non-hydrogen) atoms. The molecule has 0 radical (unpaired) electrons. The van der Waals surface area contributed by atoms with Gasteiger partial charge < -0.3 is 10.0 Å². The van der Waals surface area contributed by atoms with Crippen molar-refractivity contribution in [2.24, 2.45) is 4.99 Å². The molecule has 5 heteroatoms. The molecule has 0 bridgehead atoms. The Balaban J connectivity index is 1.93. The Kier molecular flexibility index (Phi) is 3.09. The predicted octanol–water partition coefficient (Wildman–Crippen LogP) is 2.81. The highest BCUT2D eigenvalue weighted by Gasteiger charge is 2.37. The quantitative estimate of drug-likeness (QED) is 0.905. The lowest BCUT2D eigenvalue weighted by molar-refractivity contribution is 0.133. The number of amidine groups is 1. The van der Waals surface area contributed by atoms with E-state index in [4.69, 9.17) is 11.6 Å². The van der Waals surface area contributed by atoms with Crippen LogP contribution < -0.4 is 0 Å². The van der Waals surface area contributed by atoms with Crippen LogP contribution in [0.2, 0.25) is 5.02 Å². The van der Waals surface area contributed by atoms with Crippen LogP contribution in [-0.4, -0.2) is 33.9 Å². The van der Waals surface area contributed by atoms with E-state index in [1.54, 1.807) is 11.8 Å². The molecular formula is C13H13ClN2OS. The Morgan fingerprint density at radius 1 is 1.44 bits per heavy atom. The summed E-state index contributed by atoms with van der Waals surface area (Å²) in [6.45, 7) is 2.47. The zero-order valence-electron chi connectivity index (χ0n) is 9.88. The van der Waals surface area contributed by atoms with E-state index in [2.05, 4.69) is 15.3 Å². The molecule has 1 aromatic carbocycles. The highest BCUT2D eigenvalue weighted by atomic mass is 35.5. The van der Waals surface area contributed by atoms with E-state index in [-0.39, 0.29) is 6.04 Å². The normalized spacial score (nSPS) is 23.7. The van der Waals surface area contributed by atoms with Crippen LogP contribution >= 0.6 is 23.4 Å². The van der Waals surface area contributed by atoms with E-state index in [1.807, 2.05) is 31.2 Å². The number of hydrogen-bond donors (Lipinski definition) is 1. The Labute approximate surface area is 115 Å². The van der Waals surface area contributed by atoms with Gasteiger partial charge >= 0.3 is 0 Å². The number of aliphatic imine (C=N–C) groups is 1. The average Bonchev–Trinajstić information content (AvgIpc) is 2.90. The highest BCUT2D eigenvalue weighted by Crippen LogP contribution is 2.38. The van der Waals surface area contributed by atoms with E-state index in [0.29, 0.717) is 6.54 Å². The molecule has 0 amide bonds. The maximum atomic E-state index is 9.84. The van der Waals surface area contributed by atoms with Crippen molar-refractivity contribution < 1.29 is 5.11 Å². The van der Waals surface area contributed by atoms with Crippen molar-refractivity contribution in [3.05, 3.63) is 40.3 Å². The van der Waals surface area contributed by atoms with E-state index < -0.39 is 6.10 Å². The Hall–Kier alpha value is -0.970. The Morgan fingerprint density at radius 2 is 2.17 bits per heavy atom. The maximum Gasteiger partial charge on any atom is 0.168 e. The summed E-state index contributed by atoms with van der Waals surface area (Å²) in [5.41, 5.74) is 2.20. The fourth-order valence-electron chi connectivity index (χ4n) is 2.21. The summed E-state index contributed by atoms with van der Waals surface area (Å²) in [5.74, 6) is 0. The number of aliphatic hydroxyl groups excluding tert-OH is 1. The maximum absolute atomic E-state index is 9.84. The van der Waals surface area contributed by atoms with Crippen molar-refractivity contribution in [1.82, 2.24) is 4.90 Å². The van der Waals surface area contributed by atoms with Crippen LogP contribution in [0.15, 0.2) is 34.7 Å². The average molecular weight is 281 g/mol. The van der Waals surface area contributed by atoms with Crippen LogP contribution in [-0.2, 0) is 0 Å². The number of rotatable bonds is 2. The number of benzene rings is 1. The van der Waals surface area contributed by atoms with E-state index in [1.165, 1.54) is 0 Å². The van der Waals surface area contributed by atoms with Crippen LogP contribution in [0.3, 0.4) is 0 Å². The molecule has 94 valence electrons. The van der Waals surface area contributed by atoms with Gasteiger partial charge in [-0.2, -0.15) is 0 Å². The van der Waals surface area contributed by atoms with Gasteiger partial charge in [0.2, 0.25) is 0 Å². The van der Waals surface area contributed by atoms with Gasteiger partial charge in [0.1, 0.15) is 0 Å². The minimum absolute atomic E-state index is 0.0388. The van der Waals surface area contributed by atoms with Gasteiger partial charge in [-0.25, -0.2) is 0 Å². The molecule has 2 aliphatic rings. The van der Waals surface area contributed by atoms with Crippen LogP contribution in [0.1, 0.15) is 12.5 Å². The fraction of sp³-hybridized carbons (Fsp3) is 0.308. The fourth-order valence-corrected chi connectivity index (χ4v) is 3.30. The first-order valence-corrected chi connectivity index (χ1v) is 7.07. The van der Waals surface area contributed by atoms with Gasteiger partial charge in [-0.05, 0) is 24.6 Å². The number of fused-ring (bicyclic) bond motifs is 1. The van der Waals surface area contributed by atoms with Crippen molar-refractivity contribution >= 4 is 34.2 Å². The summed E-state index contributed by atoms with van der Waals surface area (Å²) in [6.07, 6.45) is -0.402. The summed E-state index contributed by atoms with van der Waals surface area (Å²) < 4.78 is 0. The number of aliphatic hydroxyl groups is 1. The summed E-state index contributed by atoms with van der Waals surface area (Å²) in [5, 5.41) is 13.6. The third kappa shape index (κ3) is 1.94. The SMILES string of the molecule is CC(O)[C@H]1CN=C2SC=C(c3ccc(Cl)cc3)N21. The largest absolute Gasteiger partial charge is 0.391 e. The molecule has 2 heterocycles. The van der Waals surface area contributed by atoms with Crippen molar-refractivity contribution in [3.63, 3.8) is 0 Å². The molecule has 2 aliphatic heterocycles. The molecule has 2 atom stereocenters. The molecule has 3 rings (SSSR count). The number of hydrogen-bond acceptors (Lipinski definition) is 4. The third-order valence-corrected chi connectivity index (χ3v) is 4.31. The minimum Gasteiger partial charge on any atom is -0.391 e. The Morgan fingerprint density at radius 3 is 2.83 bits per heavy atom. The van der Waals surface area contributed by atoms with E-state index in [9.17, 15) is 5.11 Å². The molecule has 1 aromatic rings. The van der Waals surface area contributed by atoms with Crippen LogP contribution in [0.25, 0.3) is 5.70 Å². The standard InChI is InChI=1S/C13H13ClN2OS/c1-8(17)11-6-15-13-16(11)12(7-18-13)9-2-4-10(14)5-3-9/h2-5,7-8,11,17H,6H2,1H3/t8?,11-/m1/s1. The van der Waals surface area contributed by atoms with Crippen LogP contribution in [0.4, 0.5) is 0 Å². The zero-order chi connectivity index (χ0) is 12.7. The van der Waals surface area contributed by atoms with Crippen molar-refractivity contribution in [2.75, 3.05) is 6.54 Å². The number of nitrogens with zero attached hydrogens (tertiary/aromatic N) is 2. The Bertz CT molecular complexity index is 524. The second kappa shape index (κ2) is 4.61.